The number of rotatable bonds is 2. The minimum Gasteiger partial charge on any atom is -0.383 e. The molecule has 3 N–H and O–H groups in total. The Kier molecular flexibility index (Phi) is 3.68. The van der Waals surface area contributed by atoms with Crippen LogP contribution in [0.3, 0.4) is 0 Å². The minimum absolute atomic E-state index is 0.119. The first-order valence-corrected chi connectivity index (χ1v) is 8.87. The predicted octanol–water partition coefficient (Wildman–Crippen LogP) is 1.65. The maximum atomic E-state index is 11.7. The summed E-state index contributed by atoms with van der Waals surface area (Å²) < 4.78 is 23.4. The van der Waals surface area contributed by atoms with Crippen molar-refractivity contribution in [1.82, 2.24) is 9.97 Å². The quantitative estimate of drug-likeness (QED) is 0.861. The monoisotopic (exact) mass is 312 g/mol. The van der Waals surface area contributed by atoms with Gasteiger partial charge in [-0.05, 0) is 20.3 Å². The first-order valence-electron chi connectivity index (χ1n) is 7.05. The highest BCUT2D eigenvalue weighted by Crippen LogP contribution is 2.30. The number of nitrogens with zero attached hydrogens (tertiary/aromatic N) is 2. The van der Waals surface area contributed by atoms with Crippen molar-refractivity contribution in [1.29, 1.82) is 0 Å². The van der Waals surface area contributed by atoms with Crippen LogP contribution in [0.2, 0.25) is 0 Å². The van der Waals surface area contributed by atoms with E-state index in [1.807, 2.05) is 34.6 Å². The zero-order valence-corrected chi connectivity index (χ0v) is 14.1. The van der Waals surface area contributed by atoms with Gasteiger partial charge >= 0.3 is 0 Å². The summed E-state index contributed by atoms with van der Waals surface area (Å²) in [4.78, 5) is 8.90. The van der Waals surface area contributed by atoms with Crippen molar-refractivity contribution < 1.29 is 8.42 Å². The summed E-state index contributed by atoms with van der Waals surface area (Å²) in [7, 11) is -2.97. The van der Waals surface area contributed by atoms with Crippen molar-refractivity contribution in [2.24, 2.45) is 0 Å². The van der Waals surface area contributed by atoms with Gasteiger partial charge in [-0.2, -0.15) is 0 Å². The number of sulfone groups is 1. The fourth-order valence-corrected chi connectivity index (χ4v) is 4.48. The number of hydrogen-bond donors (Lipinski definition) is 2. The van der Waals surface area contributed by atoms with Crippen molar-refractivity contribution in [3.8, 4) is 0 Å². The molecular weight excluding hydrogens is 288 g/mol. The molecule has 1 atom stereocenters. The van der Waals surface area contributed by atoms with Gasteiger partial charge in [0.25, 0.3) is 0 Å². The second-order valence-corrected chi connectivity index (χ2v) is 9.37. The maximum absolute atomic E-state index is 11.7. The van der Waals surface area contributed by atoms with E-state index in [0.717, 1.165) is 5.56 Å². The smallest absolute Gasteiger partial charge is 0.152 e. The zero-order chi connectivity index (χ0) is 16.1. The highest BCUT2D eigenvalue weighted by atomic mass is 32.2. The lowest BCUT2D eigenvalue weighted by Gasteiger charge is -2.27. The lowest BCUT2D eigenvalue weighted by Crippen LogP contribution is -2.37. The molecule has 0 bridgehead atoms. The third kappa shape index (κ3) is 3.45. The van der Waals surface area contributed by atoms with Crippen LogP contribution in [0.5, 0.6) is 0 Å². The van der Waals surface area contributed by atoms with Crippen molar-refractivity contribution in [3.63, 3.8) is 0 Å². The van der Waals surface area contributed by atoms with Crippen LogP contribution in [0.25, 0.3) is 0 Å². The summed E-state index contributed by atoms with van der Waals surface area (Å²) >= 11 is 0. The van der Waals surface area contributed by atoms with E-state index in [-0.39, 0.29) is 16.9 Å². The molecule has 0 amide bonds. The summed E-state index contributed by atoms with van der Waals surface area (Å²) in [5.74, 6) is 2.04. The van der Waals surface area contributed by atoms with Gasteiger partial charge in [-0.15, -0.1) is 0 Å². The molecule has 118 valence electrons. The van der Waals surface area contributed by atoms with Gasteiger partial charge in [-0.3, -0.25) is 0 Å². The summed E-state index contributed by atoms with van der Waals surface area (Å²) in [6.45, 7) is 9.80. The van der Waals surface area contributed by atoms with Crippen LogP contribution < -0.4 is 11.1 Å². The Morgan fingerprint density at radius 3 is 2.38 bits per heavy atom. The fourth-order valence-electron chi connectivity index (χ4n) is 2.39. The third-order valence-corrected chi connectivity index (χ3v) is 5.68. The molecule has 2 rings (SSSR count). The number of aromatic nitrogens is 2. The molecule has 0 radical (unpaired) electrons. The Morgan fingerprint density at radius 1 is 1.29 bits per heavy atom. The van der Waals surface area contributed by atoms with Gasteiger partial charge in [0.15, 0.2) is 9.84 Å². The predicted molar refractivity (Wildman–Crippen MR) is 85.2 cm³/mol. The molecule has 7 heteroatoms. The highest BCUT2D eigenvalue weighted by molar-refractivity contribution is 7.91. The largest absolute Gasteiger partial charge is 0.383 e. The molecule has 1 aliphatic heterocycles. The molecule has 2 heterocycles. The van der Waals surface area contributed by atoms with Crippen LogP contribution in [0.15, 0.2) is 0 Å². The third-order valence-electron chi connectivity index (χ3n) is 3.78. The molecule has 1 aromatic rings. The molecule has 6 nitrogen and oxygen atoms in total. The van der Waals surface area contributed by atoms with E-state index in [1.165, 1.54) is 0 Å². The van der Waals surface area contributed by atoms with Crippen LogP contribution in [-0.4, -0.2) is 35.4 Å². The second kappa shape index (κ2) is 4.83. The number of nitrogen functional groups attached to an aromatic ring is 1. The van der Waals surface area contributed by atoms with Crippen molar-refractivity contribution in [2.45, 2.75) is 52.0 Å². The van der Waals surface area contributed by atoms with E-state index in [1.54, 1.807) is 0 Å². The lowest BCUT2D eigenvalue weighted by atomic mass is 9.95. The number of anilines is 2. The lowest BCUT2D eigenvalue weighted by molar-refractivity contribution is 0.539. The summed E-state index contributed by atoms with van der Waals surface area (Å²) in [5.41, 5.74) is 6.02. The highest BCUT2D eigenvalue weighted by Gasteiger charge is 2.39. The van der Waals surface area contributed by atoms with Gasteiger partial charge in [0, 0.05) is 11.0 Å². The summed E-state index contributed by atoms with van der Waals surface area (Å²) in [6.07, 6.45) is 0.573. The number of nitrogens with one attached hydrogen (secondary N) is 1. The molecule has 1 unspecified atom stereocenters. The molecule has 1 aliphatic rings. The van der Waals surface area contributed by atoms with Crippen LogP contribution in [0.4, 0.5) is 11.6 Å². The van der Waals surface area contributed by atoms with Crippen molar-refractivity contribution >= 4 is 21.5 Å². The Labute approximate surface area is 126 Å². The maximum Gasteiger partial charge on any atom is 0.152 e. The van der Waals surface area contributed by atoms with E-state index < -0.39 is 15.4 Å². The van der Waals surface area contributed by atoms with Gasteiger partial charge in [0.1, 0.15) is 17.5 Å². The topological polar surface area (TPSA) is 98.0 Å². The molecule has 1 fully saturated rings. The first-order chi connectivity index (χ1) is 9.42. The molecule has 0 aliphatic carbocycles. The van der Waals surface area contributed by atoms with Gasteiger partial charge in [0.05, 0.1) is 17.0 Å². The molecule has 1 aromatic heterocycles. The molecule has 1 saturated heterocycles. The van der Waals surface area contributed by atoms with Gasteiger partial charge < -0.3 is 11.1 Å². The average molecular weight is 312 g/mol. The minimum atomic E-state index is -2.97. The summed E-state index contributed by atoms with van der Waals surface area (Å²) in [5, 5.41) is 3.28. The van der Waals surface area contributed by atoms with E-state index in [9.17, 15) is 8.42 Å². The molecule has 0 aromatic carbocycles. The zero-order valence-electron chi connectivity index (χ0n) is 13.3. The Balaban J connectivity index is 2.39. The summed E-state index contributed by atoms with van der Waals surface area (Å²) in [6, 6.07) is 0. The van der Waals surface area contributed by atoms with E-state index >= 15 is 0 Å². The Hall–Kier alpha value is -1.37. The van der Waals surface area contributed by atoms with Crippen LogP contribution >= 0.6 is 0 Å². The first kappa shape index (κ1) is 16.0. The van der Waals surface area contributed by atoms with Gasteiger partial charge in [-0.25, -0.2) is 18.4 Å². The van der Waals surface area contributed by atoms with Gasteiger partial charge in [0.2, 0.25) is 0 Å². The van der Waals surface area contributed by atoms with Crippen LogP contribution in [-0.2, 0) is 15.3 Å². The second-order valence-electron chi connectivity index (χ2n) is 7.18. The number of nitrogens with two attached hydrogens (primary N) is 1. The standard InChI is InChI=1S/C14H24N4O2S/c1-9-10(15)16-12(13(2,3)4)17-11(9)18-14(5)6-7-21(19,20)8-14/h6-8H2,1-5H3,(H3,15,16,17,18). The van der Waals surface area contributed by atoms with E-state index in [2.05, 4.69) is 15.3 Å². The Morgan fingerprint density at radius 2 is 1.90 bits per heavy atom. The normalized spacial score (nSPS) is 25.0. The van der Waals surface area contributed by atoms with Crippen molar-refractivity contribution in [3.05, 3.63) is 11.4 Å². The Bertz CT molecular complexity index is 664. The van der Waals surface area contributed by atoms with E-state index in [4.69, 9.17) is 5.73 Å². The molecule has 0 spiro atoms. The fraction of sp³-hybridized carbons (Fsp3) is 0.714. The van der Waals surface area contributed by atoms with Gasteiger partial charge in [-0.1, -0.05) is 20.8 Å². The number of hydrogen-bond acceptors (Lipinski definition) is 6. The molecular formula is C14H24N4O2S. The average Bonchev–Trinajstić information content (AvgIpc) is 2.58. The van der Waals surface area contributed by atoms with E-state index in [0.29, 0.717) is 23.9 Å². The molecule has 0 saturated carbocycles. The SMILES string of the molecule is Cc1c(N)nc(C(C)(C)C)nc1NC1(C)CCS(=O)(=O)C1. The van der Waals surface area contributed by atoms with Crippen molar-refractivity contribution in [2.75, 3.05) is 22.6 Å². The van der Waals surface area contributed by atoms with Crippen LogP contribution in [0, 0.1) is 6.92 Å². The van der Waals surface area contributed by atoms with Crippen LogP contribution in [0.1, 0.15) is 45.5 Å². The molecule has 21 heavy (non-hydrogen) atoms.